The summed E-state index contributed by atoms with van der Waals surface area (Å²) in [5, 5.41) is 0. The van der Waals surface area contributed by atoms with Crippen molar-refractivity contribution < 1.29 is 23.5 Å². The molecule has 0 aromatic carbocycles. The van der Waals surface area contributed by atoms with Crippen LogP contribution in [0.1, 0.15) is 62.9 Å². The molecule has 1 aromatic rings. The molecule has 2 saturated heterocycles. The zero-order valence-electron chi connectivity index (χ0n) is 17.9. The fourth-order valence-electron chi connectivity index (χ4n) is 6.64. The Kier molecular flexibility index (Phi) is 5.35. The largest absolute Gasteiger partial charge is 0.459 e. The molecule has 2 aliphatic heterocycles. The number of piperazine rings is 1. The number of amides is 2. The molecule has 0 N–H and O–H groups in total. The van der Waals surface area contributed by atoms with Crippen molar-refractivity contribution in [3.63, 3.8) is 0 Å². The van der Waals surface area contributed by atoms with Gasteiger partial charge in [-0.05, 0) is 63.0 Å². The second-order valence-electron chi connectivity index (χ2n) is 9.47. The molecular weight excluding hydrogens is 384 g/mol. The molecule has 2 amide bonds. The molecular formula is C23H32N2O5. The number of rotatable bonds is 2. The Hall–Kier alpha value is -1.86. The number of hydrogen-bond acceptors (Lipinski definition) is 5. The molecule has 6 unspecified atom stereocenters. The number of furan rings is 1. The van der Waals surface area contributed by atoms with E-state index in [-0.39, 0.29) is 42.1 Å². The van der Waals surface area contributed by atoms with Crippen molar-refractivity contribution in [3.05, 3.63) is 24.2 Å². The molecule has 7 nitrogen and oxygen atoms in total. The van der Waals surface area contributed by atoms with Crippen molar-refractivity contribution >= 4 is 11.8 Å². The summed E-state index contributed by atoms with van der Waals surface area (Å²) in [6, 6.07) is 3.58. The Morgan fingerprint density at radius 1 is 1.10 bits per heavy atom. The first-order valence-corrected chi connectivity index (χ1v) is 11.4. The molecule has 30 heavy (non-hydrogen) atoms. The van der Waals surface area contributed by atoms with Crippen LogP contribution < -0.4 is 0 Å². The average molecular weight is 417 g/mol. The van der Waals surface area contributed by atoms with E-state index in [1.54, 1.807) is 25.3 Å². The summed E-state index contributed by atoms with van der Waals surface area (Å²) in [7, 11) is 0. The van der Waals surface area contributed by atoms with Gasteiger partial charge in [0.25, 0.3) is 5.91 Å². The minimum atomic E-state index is -0.0623. The summed E-state index contributed by atoms with van der Waals surface area (Å²) in [5.74, 6) is 1.37. The molecule has 4 aliphatic rings. The lowest BCUT2D eigenvalue weighted by Crippen LogP contribution is -2.67. The van der Waals surface area contributed by atoms with Crippen LogP contribution in [0.5, 0.6) is 0 Å². The standard InChI is InChI=1S/C23H32N2O5/c1-14-12-24(23(27)21-7-4-10-28-21)19-11-16(8-9-18(19)25(14)15(2)26)17-5-3-6-20-22(17)30-13-29-20/h4,7,10,14,16-20,22H,3,5-6,8-9,11-13H2,1-2H3/t14-,16?,17?,18?,19?,20?,22?/m0/s1. The predicted octanol–water partition coefficient (Wildman–Crippen LogP) is 3.05. The maximum atomic E-state index is 13.3. The average Bonchev–Trinajstić information content (AvgIpc) is 3.43. The maximum Gasteiger partial charge on any atom is 0.289 e. The number of carbonyl (C=O) groups is 2. The Labute approximate surface area is 177 Å². The Morgan fingerprint density at radius 2 is 1.97 bits per heavy atom. The fourth-order valence-corrected chi connectivity index (χ4v) is 6.64. The Bertz CT molecular complexity index is 781. The highest BCUT2D eigenvalue weighted by Gasteiger charge is 2.50. The second kappa shape index (κ2) is 8.00. The van der Waals surface area contributed by atoms with Crippen LogP contribution in [0.15, 0.2) is 22.8 Å². The number of hydrogen-bond donors (Lipinski definition) is 0. The van der Waals surface area contributed by atoms with Gasteiger partial charge in [0.1, 0.15) is 6.79 Å². The van der Waals surface area contributed by atoms with E-state index in [4.69, 9.17) is 13.9 Å². The highest BCUT2D eigenvalue weighted by molar-refractivity contribution is 5.92. The van der Waals surface area contributed by atoms with E-state index in [0.29, 0.717) is 30.9 Å². The van der Waals surface area contributed by atoms with Gasteiger partial charge in [-0.15, -0.1) is 0 Å². The van der Waals surface area contributed by atoms with E-state index >= 15 is 0 Å². The topological polar surface area (TPSA) is 72.2 Å². The lowest BCUT2D eigenvalue weighted by molar-refractivity contribution is -0.142. The van der Waals surface area contributed by atoms with Gasteiger partial charge in [0, 0.05) is 19.5 Å². The summed E-state index contributed by atoms with van der Waals surface area (Å²) in [6.45, 7) is 4.65. The van der Waals surface area contributed by atoms with Crippen LogP contribution in [0.4, 0.5) is 0 Å². The van der Waals surface area contributed by atoms with Gasteiger partial charge in [-0.1, -0.05) is 6.42 Å². The third-order valence-corrected chi connectivity index (χ3v) is 7.83. The summed E-state index contributed by atoms with van der Waals surface area (Å²) >= 11 is 0. The molecule has 7 heteroatoms. The number of carbonyl (C=O) groups excluding carboxylic acids is 2. The molecule has 0 spiro atoms. The Balaban J connectivity index is 1.41. The van der Waals surface area contributed by atoms with Gasteiger partial charge in [-0.2, -0.15) is 0 Å². The fraction of sp³-hybridized carbons (Fsp3) is 0.739. The van der Waals surface area contributed by atoms with Crippen LogP contribution >= 0.6 is 0 Å². The van der Waals surface area contributed by atoms with Crippen molar-refractivity contribution in [1.29, 1.82) is 0 Å². The zero-order valence-corrected chi connectivity index (χ0v) is 17.9. The molecule has 3 heterocycles. The van der Waals surface area contributed by atoms with E-state index in [9.17, 15) is 9.59 Å². The molecule has 164 valence electrons. The molecule has 0 radical (unpaired) electrons. The highest BCUT2D eigenvalue weighted by atomic mass is 16.7. The summed E-state index contributed by atoms with van der Waals surface area (Å²) in [6.07, 6.45) is 8.26. The zero-order chi connectivity index (χ0) is 20.8. The van der Waals surface area contributed by atoms with E-state index in [1.807, 2.05) is 16.7 Å². The number of nitrogens with zero attached hydrogens (tertiary/aromatic N) is 2. The van der Waals surface area contributed by atoms with E-state index < -0.39 is 0 Å². The number of fused-ring (bicyclic) bond motifs is 2. The van der Waals surface area contributed by atoms with Gasteiger partial charge in [0.2, 0.25) is 5.91 Å². The van der Waals surface area contributed by atoms with Crippen molar-refractivity contribution in [1.82, 2.24) is 9.80 Å². The lowest BCUT2D eigenvalue weighted by Gasteiger charge is -2.55. The first-order chi connectivity index (χ1) is 14.5. The van der Waals surface area contributed by atoms with Crippen LogP contribution in [-0.2, 0) is 14.3 Å². The molecule has 7 atom stereocenters. The predicted molar refractivity (Wildman–Crippen MR) is 109 cm³/mol. The molecule has 0 bridgehead atoms. The minimum Gasteiger partial charge on any atom is -0.459 e. The van der Waals surface area contributed by atoms with Gasteiger partial charge < -0.3 is 23.7 Å². The van der Waals surface area contributed by atoms with E-state index in [0.717, 1.165) is 32.1 Å². The van der Waals surface area contributed by atoms with Crippen LogP contribution in [0.3, 0.4) is 0 Å². The molecule has 1 aromatic heterocycles. The van der Waals surface area contributed by atoms with Crippen molar-refractivity contribution in [3.8, 4) is 0 Å². The van der Waals surface area contributed by atoms with Crippen LogP contribution in [0.25, 0.3) is 0 Å². The monoisotopic (exact) mass is 416 g/mol. The Morgan fingerprint density at radius 3 is 2.73 bits per heavy atom. The van der Waals surface area contributed by atoms with Crippen LogP contribution in [0.2, 0.25) is 0 Å². The van der Waals surface area contributed by atoms with E-state index in [1.165, 1.54) is 6.42 Å². The van der Waals surface area contributed by atoms with Gasteiger partial charge in [-0.25, -0.2) is 0 Å². The van der Waals surface area contributed by atoms with Gasteiger partial charge in [0.05, 0.1) is 30.6 Å². The van der Waals surface area contributed by atoms with Crippen molar-refractivity contribution in [2.45, 2.75) is 82.7 Å². The number of ether oxygens (including phenoxy) is 2. The molecule has 4 fully saturated rings. The first kappa shape index (κ1) is 20.1. The normalized spacial score (nSPS) is 38.8. The summed E-state index contributed by atoms with van der Waals surface area (Å²) < 4.78 is 17.2. The second-order valence-corrected chi connectivity index (χ2v) is 9.47. The van der Waals surface area contributed by atoms with Crippen LogP contribution in [-0.4, -0.2) is 65.3 Å². The van der Waals surface area contributed by atoms with Crippen molar-refractivity contribution in [2.75, 3.05) is 13.3 Å². The smallest absolute Gasteiger partial charge is 0.289 e. The SMILES string of the molecule is CC(=O)N1C2CCC(C3CCCC4OCOC43)CC2N(C(=O)c2ccco2)C[C@@H]1C. The van der Waals surface area contributed by atoms with Gasteiger partial charge >= 0.3 is 0 Å². The van der Waals surface area contributed by atoms with E-state index in [2.05, 4.69) is 0 Å². The molecule has 2 aliphatic carbocycles. The minimum absolute atomic E-state index is 0.00448. The van der Waals surface area contributed by atoms with Crippen molar-refractivity contribution in [2.24, 2.45) is 11.8 Å². The van der Waals surface area contributed by atoms with Crippen LogP contribution in [0, 0.1) is 11.8 Å². The summed E-state index contributed by atoms with van der Waals surface area (Å²) in [4.78, 5) is 29.8. The highest BCUT2D eigenvalue weighted by Crippen LogP contribution is 2.45. The third kappa shape index (κ3) is 3.36. The third-order valence-electron chi connectivity index (χ3n) is 7.83. The lowest BCUT2D eigenvalue weighted by atomic mass is 9.68. The quantitative estimate of drug-likeness (QED) is 0.741. The molecule has 2 saturated carbocycles. The first-order valence-electron chi connectivity index (χ1n) is 11.4. The maximum absolute atomic E-state index is 13.3. The molecule has 5 rings (SSSR count). The summed E-state index contributed by atoms with van der Waals surface area (Å²) in [5.41, 5.74) is 0. The van der Waals surface area contributed by atoms with Gasteiger partial charge in [0.15, 0.2) is 5.76 Å². The van der Waals surface area contributed by atoms with Gasteiger partial charge in [-0.3, -0.25) is 9.59 Å².